The summed E-state index contributed by atoms with van der Waals surface area (Å²) in [7, 11) is 5.47. The lowest BCUT2D eigenvalue weighted by Crippen LogP contribution is -2.59. The molecule has 1 aromatic heterocycles. The SMILES string of the molecule is CCCN(C[C@H](C)C[C@@](C)(OC)[C@H](O[C@@H]1O[C@H](C)C[C@H](N(C)C)[C@H]1O)[C@@H](C)C(=O)C(C)(C)C=O)[C@@H](CO)CCCN1CCc2ncncc2C1. The number of aromatic nitrogens is 2. The van der Waals surface area contributed by atoms with Gasteiger partial charge in [0.25, 0.3) is 0 Å². The molecule has 1 fully saturated rings. The fourth-order valence-corrected chi connectivity index (χ4v) is 8.01. The van der Waals surface area contributed by atoms with Crippen LogP contribution >= 0.6 is 0 Å². The number of aliphatic hydroxyl groups excluding tert-OH is 2. The van der Waals surface area contributed by atoms with Crippen LogP contribution in [0.1, 0.15) is 91.8 Å². The van der Waals surface area contributed by atoms with Crippen molar-refractivity contribution in [3.05, 3.63) is 23.8 Å². The zero-order chi connectivity index (χ0) is 37.2. The average molecular weight is 706 g/mol. The Morgan fingerprint density at radius 2 is 1.98 bits per heavy atom. The number of Topliss-reactive ketones (excluding diaryl/α,β-unsaturated/α-hetero) is 1. The molecular formula is C38H67N5O7. The van der Waals surface area contributed by atoms with E-state index in [-0.39, 0.29) is 36.5 Å². The molecule has 0 spiro atoms. The molecule has 0 unspecified atom stereocenters. The smallest absolute Gasteiger partial charge is 0.185 e. The van der Waals surface area contributed by atoms with Crippen molar-refractivity contribution in [3.8, 4) is 0 Å². The molecule has 9 atom stereocenters. The molecule has 2 N–H and O–H groups in total. The van der Waals surface area contributed by atoms with Crippen LogP contribution in [-0.4, -0.2) is 143 Å². The number of methoxy groups -OCH3 is 1. The lowest BCUT2D eigenvalue weighted by molar-refractivity contribution is -0.295. The van der Waals surface area contributed by atoms with Crippen LogP contribution in [0.25, 0.3) is 0 Å². The number of likely N-dealkylation sites (N-methyl/N-ethyl adjacent to an activating group) is 1. The van der Waals surface area contributed by atoms with Crippen LogP contribution in [0.4, 0.5) is 0 Å². The van der Waals surface area contributed by atoms with Crippen LogP contribution in [0.2, 0.25) is 0 Å². The molecule has 0 bridgehead atoms. The standard InChI is InChI=1S/C38H67N5O7/c1-11-15-43(30(23-44)13-12-16-42-17-14-31-29(22-42)20-39-25-40-31)21-26(2)19-38(7,48-10)35(28(4)34(47)37(5,6)24-45)50-36-33(46)32(41(8)9)18-27(3)49-36/h20,24-28,30,32-33,35-36,44,46H,11-19,21-23H2,1-10H3/t26-,27-,28+,30-,32+,33-,35-,36+,38-/m1/s1. The van der Waals surface area contributed by atoms with Crippen LogP contribution in [0.5, 0.6) is 0 Å². The van der Waals surface area contributed by atoms with Gasteiger partial charge >= 0.3 is 0 Å². The normalized spacial score (nSPS) is 25.5. The van der Waals surface area contributed by atoms with E-state index >= 15 is 0 Å². The van der Waals surface area contributed by atoms with Gasteiger partial charge in [0.2, 0.25) is 0 Å². The molecule has 1 saturated heterocycles. The second-order valence-electron chi connectivity index (χ2n) is 15.9. The fraction of sp³-hybridized carbons (Fsp3) is 0.842. The summed E-state index contributed by atoms with van der Waals surface area (Å²) in [5.41, 5.74) is 0.157. The zero-order valence-corrected chi connectivity index (χ0v) is 32.5. The molecule has 3 heterocycles. The molecule has 2 aliphatic rings. The monoisotopic (exact) mass is 706 g/mol. The average Bonchev–Trinajstić information content (AvgIpc) is 3.09. The number of hydrogen-bond donors (Lipinski definition) is 2. The van der Waals surface area contributed by atoms with Gasteiger partial charge in [-0.25, -0.2) is 9.97 Å². The first kappa shape index (κ1) is 42.5. The van der Waals surface area contributed by atoms with Gasteiger partial charge < -0.3 is 34.1 Å². The Morgan fingerprint density at radius 1 is 1.26 bits per heavy atom. The maximum absolute atomic E-state index is 13.8. The summed E-state index contributed by atoms with van der Waals surface area (Å²) in [6, 6.07) is -0.171. The lowest BCUT2D eigenvalue weighted by Gasteiger charge is -2.47. The summed E-state index contributed by atoms with van der Waals surface area (Å²) in [4.78, 5) is 41.2. The van der Waals surface area contributed by atoms with E-state index in [1.54, 1.807) is 34.2 Å². The molecule has 12 heteroatoms. The number of fused-ring (bicyclic) bond motifs is 1. The number of carbonyl (C=O) groups excluding carboxylic acids is 2. The third-order valence-corrected chi connectivity index (χ3v) is 10.9. The van der Waals surface area contributed by atoms with E-state index in [2.05, 4.69) is 33.6 Å². The highest BCUT2D eigenvalue weighted by atomic mass is 16.7. The van der Waals surface area contributed by atoms with Gasteiger partial charge in [-0.2, -0.15) is 0 Å². The van der Waals surface area contributed by atoms with Crippen molar-refractivity contribution in [1.29, 1.82) is 0 Å². The van der Waals surface area contributed by atoms with Crippen molar-refractivity contribution in [1.82, 2.24) is 24.7 Å². The van der Waals surface area contributed by atoms with Gasteiger partial charge in [-0.05, 0) is 92.9 Å². The van der Waals surface area contributed by atoms with Gasteiger partial charge in [-0.15, -0.1) is 0 Å². The van der Waals surface area contributed by atoms with Crippen LogP contribution in [-0.2, 0) is 36.8 Å². The molecule has 1 aromatic rings. The van der Waals surface area contributed by atoms with E-state index in [4.69, 9.17) is 14.2 Å². The van der Waals surface area contributed by atoms with Gasteiger partial charge in [0, 0.05) is 68.6 Å². The van der Waals surface area contributed by atoms with Crippen LogP contribution in [0.15, 0.2) is 12.5 Å². The number of ketones is 1. The number of ether oxygens (including phenoxy) is 3. The van der Waals surface area contributed by atoms with Gasteiger partial charge in [0.05, 0.1) is 29.8 Å². The third kappa shape index (κ3) is 11.1. The molecule has 3 rings (SSSR count). The van der Waals surface area contributed by atoms with Crippen molar-refractivity contribution in [3.63, 3.8) is 0 Å². The molecule has 0 aromatic carbocycles. The van der Waals surface area contributed by atoms with Crippen molar-refractivity contribution < 1.29 is 34.0 Å². The summed E-state index contributed by atoms with van der Waals surface area (Å²) in [6.45, 7) is 17.7. The van der Waals surface area contributed by atoms with Crippen LogP contribution in [0, 0.1) is 17.3 Å². The Labute approximate surface area is 301 Å². The van der Waals surface area contributed by atoms with Crippen LogP contribution < -0.4 is 0 Å². The van der Waals surface area contributed by atoms with E-state index in [1.165, 1.54) is 5.56 Å². The van der Waals surface area contributed by atoms with E-state index < -0.39 is 35.4 Å². The topological polar surface area (TPSA) is 138 Å². The first-order valence-electron chi connectivity index (χ1n) is 18.7. The first-order valence-corrected chi connectivity index (χ1v) is 18.7. The minimum atomic E-state index is -1.22. The molecule has 2 aliphatic heterocycles. The highest BCUT2D eigenvalue weighted by Gasteiger charge is 2.49. The van der Waals surface area contributed by atoms with Crippen molar-refractivity contribution in [2.75, 3.05) is 54.0 Å². The van der Waals surface area contributed by atoms with Gasteiger partial charge in [-0.1, -0.05) is 20.8 Å². The second-order valence-corrected chi connectivity index (χ2v) is 15.9. The maximum atomic E-state index is 13.8. The zero-order valence-electron chi connectivity index (χ0n) is 32.5. The molecule has 12 nitrogen and oxygen atoms in total. The predicted molar refractivity (Wildman–Crippen MR) is 194 cm³/mol. The van der Waals surface area contributed by atoms with Crippen LogP contribution in [0.3, 0.4) is 0 Å². The van der Waals surface area contributed by atoms with Gasteiger partial charge in [0.15, 0.2) is 12.1 Å². The van der Waals surface area contributed by atoms with Crippen molar-refractivity contribution in [2.45, 2.75) is 136 Å². The molecule has 0 aliphatic carbocycles. The summed E-state index contributed by atoms with van der Waals surface area (Å²) in [5.74, 6) is -0.894. The minimum absolute atomic E-state index is 0.0165. The molecule has 0 saturated carbocycles. The van der Waals surface area contributed by atoms with E-state index in [0.29, 0.717) is 19.1 Å². The highest BCUT2D eigenvalue weighted by Crippen LogP contribution is 2.37. The Morgan fingerprint density at radius 3 is 2.60 bits per heavy atom. The summed E-state index contributed by atoms with van der Waals surface area (Å²) in [5, 5.41) is 21.9. The Hall–Kier alpha value is -1.90. The van der Waals surface area contributed by atoms with Gasteiger partial charge in [-0.3, -0.25) is 14.6 Å². The Bertz CT molecular complexity index is 1200. The Kier molecular flexibility index (Phi) is 16.4. The predicted octanol–water partition coefficient (Wildman–Crippen LogP) is 3.36. The number of rotatable bonds is 21. The van der Waals surface area contributed by atoms with E-state index in [9.17, 15) is 19.8 Å². The number of nitrogens with zero attached hydrogens (tertiary/aromatic N) is 5. The summed E-state index contributed by atoms with van der Waals surface area (Å²) in [6.07, 6.45) is 6.23. The quantitative estimate of drug-likeness (QED) is 0.143. The lowest BCUT2D eigenvalue weighted by atomic mass is 9.74. The van der Waals surface area contributed by atoms with E-state index in [0.717, 1.165) is 64.1 Å². The third-order valence-electron chi connectivity index (χ3n) is 10.9. The number of hydrogen-bond acceptors (Lipinski definition) is 12. The molecule has 0 radical (unpaired) electrons. The van der Waals surface area contributed by atoms with E-state index in [1.807, 2.05) is 39.0 Å². The Balaban J connectivity index is 1.76. The largest absolute Gasteiger partial charge is 0.395 e. The van der Waals surface area contributed by atoms with Crippen molar-refractivity contribution >= 4 is 12.1 Å². The second kappa shape index (κ2) is 19.3. The molecule has 286 valence electrons. The highest BCUT2D eigenvalue weighted by molar-refractivity contribution is 5.98. The minimum Gasteiger partial charge on any atom is -0.395 e. The molecule has 0 amide bonds. The summed E-state index contributed by atoms with van der Waals surface area (Å²) < 4.78 is 19.1. The maximum Gasteiger partial charge on any atom is 0.185 e. The number of carbonyl (C=O) groups is 2. The molecular weight excluding hydrogens is 638 g/mol. The summed E-state index contributed by atoms with van der Waals surface area (Å²) >= 11 is 0. The van der Waals surface area contributed by atoms with Gasteiger partial charge in [0.1, 0.15) is 18.7 Å². The number of aliphatic hydroxyl groups is 2. The number of aldehydes is 1. The first-order chi connectivity index (χ1) is 23.6. The fourth-order valence-electron chi connectivity index (χ4n) is 8.01. The van der Waals surface area contributed by atoms with Crippen molar-refractivity contribution in [2.24, 2.45) is 17.3 Å². The molecule has 50 heavy (non-hydrogen) atoms.